The maximum atomic E-state index is 10.4. The summed E-state index contributed by atoms with van der Waals surface area (Å²) in [5, 5.41) is 0.742. The minimum Gasteiger partial charge on any atom is -0.378 e. The Bertz CT molecular complexity index is 177. The molecule has 0 saturated heterocycles. The highest BCUT2D eigenvalue weighted by Gasteiger charge is 1.99. The number of halogens is 1. The van der Waals surface area contributed by atoms with Gasteiger partial charge in [-0.3, -0.25) is 4.18 Å². The molecule has 0 atom stereocenters. The summed E-state index contributed by atoms with van der Waals surface area (Å²) in [4.78, 5) is 0. The molecule has 4 nitrogen and oxygen atoms in total. The molecule has 0 fully saturated rings. The molecule has 0 aliphatic carbocycles. The van der Waals surface area contributed by atoms with Crippen LogP contribution >= 0.6 is 15.9 Å². The van der Waals surface area contributed by atoms with Crippen LogP contribution < -0.4 is 0 Å². The summed E-state index contributed by atoms with van der Waals surface area (Å²) in [6.45, 7) is 0.956. The third-order valence-electron chi connectivity index (χ3n) is 0.747. The van der Waals surface area contributed by atoms with Crippen LogP contribution in [0.1, 0.15) is 0 Å². The summed E-state index contributed by atoms with van der Waals surface area (Å²) in [5.74, 6) is 0. The molecule has 0 spiro atoms. The Kier molecular flexibility index (Phi) is 6.12. The van der Waals surface area contributed by atoms with Gasteiger partial charge in [0.25, 0.3) is 10.1 Å². The summed E-state index contributed by atoms with van der Waals surface area (Å²) in [6.07, 6.45) is 1.01. The predicted molar refractivity (Wildman–Crippen MR) is 45.4 cm³/mol. The van der Waals surface area contributed by atoms with Crippen LogP contribution in [0.2, 0.25) is 0 Å². The lowest BCUT2D eigenvalue weighted by Crippen LogP contribution is -2.10. The lowest BCUT2D eigenvalue weighted by Gasteiger charge is -2.00. The van der Waals surface area contributed by atoms with Gasteiger partial charge in [-0.1, -0.05) is 15.9 Å². The van der Waals surface area contributed by atoms with Gasteiger partial charge in [-0.2, -0.15) is 8.42 Å². The average molecular weight is 247 g/mol. The normalized spacial score (nSPS) is 11.8. The van der Waals surface area contributed by atoms with E-state index in [4.69, 9.17) is 4.74 Å². The van der Waals surface area contributed by atoms with E-state index >= 15 is 0 Å². The lowest BCUT2D eigenvalue weighted by molar-refractivity contribution is 0.115. The van der Waals surface area contributed by atoms with E-state index in [1.807, 2.05) is 0 Å². The molecule has 0 aliphatic heterocycles. The van der Waals surface area contributed by atoms with Gasteiger partial charge < -0.3 is 4.74 Å². The molecule has 0 radical (unpaired) electrons. The fraction of sp³-hybridized carbons (Fsp3) is 1.00. The van der Waals surface area contributed by atoms with Crippen molar-refractivity contribution in [1.29, 1.82) is 0 Å². The van der Waals surface area contributed by atoms with Gasteiger partial charge in [0.2, 0.25) is 0 Å². The third kappa shape index (κ3) is 10.4. The van der Waals surface area contributed by atoms with E-state index in [-0.39, 0.29) is 6.61 Å². The number of alkyl halides is 1. The van der Waals surface area contributed by atoms with Crippen LogP contribution in [-0.2, 0) is 19.0 Å². The second-order valence-electron chi connectivity index (χ2n) is 1.83. The molecule has 0 bridgehead atoms. The predicted octanol–water partition coefficient (Wildman–Crippen LogP) is 0.374. The van der Waals surface area contributed by atoms with Crippen molar-refractivity contribution in [3.63, 3.8) is 0 Å². The smallest absolute Gasteiger partial charge is 0.264 e. The van der Waals surface area contributed by atoms with Crippen LogP contribution in [0.3, 0.4) is 0 Å². The van der Waals surface area contributed by atoms with Crippen LogP contribution in [0.4, 0.5) is 0 Å². The SMILES string of the molecule is CS(=O)(=O)OCCOCCBr. The molecular formula is C5H11BrO4S. The lowest BCUT2D eigenvalue weighted by atomic mass is 10.8. The highest BCUT2D eigenvalue weighted by atomic mass is 79.9. The number of ether oxygens (including phenoxy) is 1. The number of hydrogen-bond acceptors (Lipinski definition) is 4. The zero-order valence-electron chi connectivity index (χ0n) is 6.25. The van der Waals surface area contributed by atoms with Crippen LogP contribution in [0.25, 0.3) is 0 Å². The summed E-state index contributed by atoms with van der Waals surface area (Å²) in [7, 11) is -3.30. The monoisotopic (exact) mass is 246 g/mol. The van der Waals surface area contributed by atoms with Gasteiger partial charge in [0, 0.05) is 5.33 Å². The van der Waals surface area contributed by atoms with E-state index in [1.165, 1.54) is 0 Å². The Morgan fingerprint density at radius 1 is 1.27 bits per heavy atom. The summed E-state index contributed by atoms with van der Waals surface area (Å²) < 4.78 is 30.1. The highest BCUT2D eigenvalue weighted by Crippen LogP contribution is 1.87. The quantitative estimate of drug-likeness (QED) is 0.386. The van der Waals surface area contributed by atoms with Gasteiger partial charge in [-0.05, 0) is 0 Å². The topological polar surface area (TPSA) is 52.6 Å². The van der Waals surface area contributed by atoms with Crippen LogP contribution in [-0.4, -0.2) is 39.8 Å². The molecule has 0 N–H and O–H groups in total. The second kappa shape index (κ2) is 5.93. The van der Waals surface area contributed by atoms with Crippen molar-refractivity contribution in [3.8, 4) is 0 Å². The van der Waals surface area contributed by atoms with Crippen LogP contribution in [0.5, 0.6) is 0 Å². The zero-order chi connectivity index (χ0) is 8.74. The van der Waals surface area contributed by atoms with Crippen molar-refractivity contribution in [1.82, 2.24) is 0 Å². The summed E-state index contributed by atoms with van der Waals surface area (Å²) in [6, 6.07) is 0. The molecular weight excluding hydrogens is 236 g/mol. The zero-order valence-corrected chi connectivity index (χ0v) is 8.65. The minimum atomic E-state index is -3.30. The van der Waals surface area contributed by atoms with E-state index in [0.717, 1.165) is 11.6 Å². The van der Waals surface area contributed by atoms with Gasteiger partial charge in [-0.25, -0.2) is 0 Å². The summed E-state index contributed by atoms with van der Waals surface area (Å²) >= 11 is 3.16. The fourth-order valence-electron chi connectivity index (χ4n) is 0.401. The van der Waals surface area contributed by atoms with Gasteiger partial charge in [0.05, 0.1) is 26.1 Å². The van der Waals surface area contributed by atoms with Gasteiger partial charge in [0.15, 0.2) is 0 Å². The first-order chi connectivity index (χ1) is 5.06. The molecule has 0 heterocycles. The molecule has 0 rings (SSSR count). The first-order valence-electron chi connectivity index (χ1n) is 3.04. The molecule has 0 amide bonds. The van der Waals surface area contributed by atoms with E-state index in [9.17, 15) is 8.42 Å². The van der Waals surface area contributed by atoms with Crippen molar-refractivity contribution >= 4 is 26.0 Å². The maximum absolute atomic E-state index is 10.4. The molecule has 0 aliphatic rings. The molecule has 11 heavy (non-hydrogen) atoms. The molecule has 0 saturated carbocycles. The Morgan fingerprint density at radius 2 is 1.91 bits per heavy atom. The molecule has 0 unspecified atom stereocenters. The van der Waals surface area contributed by atoms with E-state index in [1.54, 1.807) is 0 Å². The molecule has 0 aromatic heterocycles. The second-order valence-corrected chi connectivity index (χ2v) is 4.26. The third-order valence-corrected chi connectivity index (χ3v) is 1.67. The first-order valence-corrected chi connectivity index (χ1v) is 5.98. The summed E-state index contributed by atoms with van der Waals surface area (Å²) in [5.41, 5.74) is 0. The van der Waals surface area contributed by atoms with Gasteiger partial charge in [-0.15, -0.1) is 0 Å². The number of hydrogen-bond donors (Lipinski definition) is 0. The van der Waals surface area contributed by atoms with Crippen molar-refractivity contribution in [2.45, 2.75) is 0 Å². The maximum Gasteiger partial charge on any atom is 0.264 e. The standard InChI is InChI=1S/C5H11BrO4S/c1-11(7,8)10-5-4-9-3-2-6/h2-5H2,1H3. The molecule has 0 aromatic rings. The molecule has 0 aromatic carbocycles. The van der Waals surface area contributed by atoms with Crippen molar-refractivity contribution in [2.24, 2.45) is 0 Å². The Labute approximate surface area is 75.1 Å². The Balaban J connectivity index is 3.16. The average Bonchev–Trinajstić information content (AvgIpc) is 1.85. The fourth-order valence-corrected chi connectivity index (χ4v) is 1.00. The van der Waals surface area contributed by atoms with Crippen LogP contribution in [0, 0.1) is 0 Å². The van der Waals surface area contributed by atoms with Gasteiger partial charge >= 0.3 is 0 Å². The van der Waals surface area contributed by atoms with E-state index in [2.05, 4.69) is 20.1 Å². The van der Waals surface area contributed by atoms with Gasteiger partial charge in [0.1, 0.15) is 0 Å². The van der Waals surface area contributed by atoms with Crippen LogP contribution in [0.15, 0.2) is 0 Å². The van der Waals surface area contributed by atoms with E-state index < -0.39 is 10.1 Å². The highest BCUT2D eigenvalue weighted by molar-refractivity contribution is 9.09. The molecule has 68 valence electrons. The number of rotatable bonds is 6. The van der Waals surface area contributed by atoms with Crippen molar-refractivity contribution in [2.75, 3.05) is 31.4 Å². The van der Waals surface area contributed by atoms with Crippen molar-refractivity contribution < 1.29 is 17.3 Å². The van der Waals surface area contributed by atoms with E-state index in [0.29, 0.717) is 13.2 Å². The van der Waals surface area contributed by atoms with Crippen molar-refractivity contribution in [3.05, 3.63) is 0 Å². The molecule has 6 heteroatoms. The first kappa shape index (κ1) is 11.4. The Hall–Kier alpha value is 0.350. The minimum absolute atomic E-state index is 0.0891. The Morgan fingerprint density at radius 3 is 2.36 bits per heavy atom. The largest absolute Gasteiger partial charge is 0.378 e.